The van der Waals surface area contributed by atoms with Gasteiger partial charge in [0, 0.05) is 23.0 Å². The van der Waals surface area contributed by atoms with Crippen LogP contribution in [0.25, 0.3) is 22.4 Å². The normalized spacial score (nSPS) is 11.4. The fraction of sp³-hybridized carbons (Fsp3) is 0.273. The largest absolute Gasteiger partial charge is 0.339 e. The number of aryl methyl sites for hydroxylation is 2. The lowest BCUT2D eigenvalue weighted by Gasteiger charge is -2.09. The number of hydrogen-bond acceptors (Lipinski definition) is 5. The van der Waals surface area contributed by atoms with Gasteiger partial charge in [-0.05, 0) is 72.6 Å². The first-order valence-electron chi connectivity index (χ1n) is 9.86. The van der Waals surface area contributed by atoms with Gasteiger partial charge >= 0.3 is 5.69 Å². The molecule has 1 N–H and O–H groups in total. The van der Waals surface area contributed by atoms with E-state index in [-0.39, 0.29) is 24.2 Å². The summed E-state index contributed by atoms with van der Waals surface area (Å²) < 4.78 is 9.01. The van der Waals surface area contributed by atoms with Crippen LogP contribution in [0.4, 0.5) is 5.69 Å². The number of amides is 1. The van der Waals surface area contributed by atoms with Crippen LogP contribution in [-0.4, -0.2) is 25.2 Å². The lowest BCUT2D eigenvalue weighted by molar-refractivity contribution is -0.116. The van der Waals surface area contributed by atoms with Gasteiger partial charge in [0.2, 0.25) is 17.6 Å². The maximum Gasteiger partial charge on any atom is 0.329 e. The number of halogens is 1. The molecular weight excluding hydrogens is 462 g/mol. The summed E-state index contributed by atoms with van der Waals surface area (Å²) in [5.41, 5.74) is 3.57. The predicted octanol–water partition coefficient (Wildman–Crippen LogP) is 4.45. The first kappa shape index (κ1) is 21.0. The first-order valence-corrected chi connectivity index (χ1v) is 10.7. The third-order valence-corrected chi connectivity index (χ3v) is 5.62. The molecule has 4 aromatic rings. The van der Waals surface area contributed by atoms with Crippen LogP contribution in [0.15, 0.2) is 50.2 Å². The second-order valence-corrected chi connectivity index (χ2v) is 8.56. The van der Waals surface area contributed by atoms with E-state index in [1.54, 1.807) is 11.5 Å². The average Bonchev–Trinajstić information content (AvgIpc) is 3.25. The van der Waals surface area contributed by atoms with Gasteiger partial charge in [-0.25, -0.2) is 4.79 Å². The van der Waals surface area contributed by atoms with Gasteiger partial charge in [0.15, 0.2) is 0 Å². The van der Waals surface area contributed by atoms with Crippen LogP contribution < -0.4 is 11.0 Å². The van der Waals surface area contributed by atoms with Gasteiger partial charge in [0.05, 0.1) is 16.7 Å². The lowest BCUT2D eigenvalue weighted by atomic mass is 10.2. The Labute approximate surface area is 187 Å². The summed E-state index contributed by atoms with van der Waals surface area (Å²) in [4.78, 5) is 30.2. The maximum absolute atomic E-state index is 13.2. The summed E-state index contributed by atoms with van der Waals surface area (Å²) in [7, 11) is 0. The summed E-state index contributed by atoms with van der Waals surface area (Å²) in [6.45, 7) is 7.44. The number of imidazole rings is 1. The third kappa shape index (κ3) is 4.05. The molecule has 0 aliphatic carbocycles. The second kappa shape index (κ2) is 8.14. The lowest BCUT2D eigenvalue weighted by Crippen LogP contribution is -2.30. The second-order valence-electron chi connectivity index (χ2n) is 7.70. The van der Waals surface area contributed by atoms with Crippen molar-refractivity contribution in [1.29, 1.82) is 0 Å². The molecule has 0 radical (unpaired) electrons. The van der Waals surface area contributed by atoms with Crippen LogP contribution in [0, 0.1) is 13.8 Å². The number of anilines is 1. The minimum Gasteiger partial charge on any atom is -0.339 e. The molecule has 0 saturated heterocycles. The number of fused-ring (bicyclic) bond motifs is 1. The highest BCUT2D eigenvalue weighted by Crippen LogP contribution is 2.25. The van der Waals surface area contributed by atoms with E-state index in [9.17, 15) is 9.59 Å². The number of carbonyl (C=O) groups excluding carboxylic acids is 1. The third-order valence-electron chi connectivity index (χ3n) is 4.97. The topological polar surface area (TPSA) is 95.0 Å². The zero-order valence-corrected chi connectivity index (χ0v) is 19.2. The van der Waals surface area contributed by atoms with E-state index in [2.05, 4.69) is 31.4 Å². The van der Waals surface area contributed by atoms with Crippen molar-refractivity contribution in [1.82, 2.24) is 19.3 Å². The minimum atomic E-state index is -0.296. The Morgan fingerprint density at radius 1 is 1.16 bits per heavy atom. The Morgan fingerprint density at radius 3 is 2.58 bits per heavy atom. The van der Waals surface area contributed by atoms with Crippen molar-refractivity contribution in [2.45, 2.75) is 40.3 Å². The van der Waals surface area contributed by atoms with Crippen molar-refractivity contribution in [3.63, 3.8) is 0 Å². The SMILES string of the molecule is Cc1ccc(NC(=O)Cn2c(=O)n(C(C)C)c3ccc(-c4noc(C)n4)cc32)c(Br)c1. The van der Waals surface area contributed by atoms with Crippen LogP contribution in [0.5, 0.6) is 0 Å². The Hall–Kier alpha value is -3.20. The number of carbonyl (C=O) groups is 1. The summed E-state index contributed by atoms with van der Waals surface area (Å²) in [6, 6.07) is 11.1. The summed E-state index contributed by atoms with van der Waals surface area (Å²) in [5.74, 6) is 0.592. The standard InChI is InChI=1S/C22H22BrN5O3/c1-12(2)28-18-8-6-15(21-24-14(4)31-26-21)10-19(18)27(22(28)30)11-20(29)25-17-7-5-13(3)9-16(17)23/h5-10,12H,11H2,1-4H3,(H,25,29). The van der Waals surface area contributed by atoms with E-state index in [1.807, 2.05) is 57.2 Å². The Kier molecular flexibility index (Phi) is 5.53. The molecule has 2 aromatic carbocycles. The zero-order valence-electron chi connectivity index (χ0n) is 17.6. The molecule has 0 bridgehead atoms. The highest BCUT2D eigenvalue weighted by molar-refractivity contribution is 9.10. The van der Waals surface area contributed by atoms with Gasteiger partial charge in [0.1, 0.15) is 6.54 Å². The summed E-state index contributed by atoms with van der Waals surface area (Å²) in [5, 5.41) is 6.83. The van der Waals surface area contributed by atoms with E-state index in [0.717, 1.165) is 15.6 Å². The minimum absolute atomic E-state index is 0.0659. The molecule has 0 aliphatic rings. The van der Waals surface area contributed by atoms with Crippen molar-refractivity contribution in [2.24, 2.45) is 0 Å². The van der Waals surface area contributed by atoms with E-state index in [1.165, 1.54) is 4.57 Å². The van der Waals surface area contributed by atoms with Gasteiger partial charge in [-0.2, -0.15) is 4.98 Å². The van der Waals surface area contributed by atoms with Crippen molar-refractivity contribution >= 4 is 38.6 Å². The number of nitrogens with one attached hydrogen (secondary N) is 1. The number of benzene rings is 2. The van der Waals surface area contributed by atoms with Crippen LogP contribution in [0.3, 0.4) is 0 Å². The van der Waals surface area contributed by atoms with E-state index in [4.69, 9.17) is 4.52 Å². The molecule has 4 rings (SSSR count). The van der Waals surface area contributed by atoms with Crippen molar-refractivity contribution < 1.29 is 9.32 Å². The van der Waals surface area contributed by atoms with Crippen molar-refractivity contribution in [3.8, 4) is 11.4 Å². The summed E-state index contributed by atoms with van der Waals surface area (Å²) in [6.07, 6.45) is 0. The molecule has 0 saturated carbocycles. The smallest absolute Gasteiger partial charge is 0.329 e. The quantitative estimate of drug-likeness (QED) is 0.452. The van der Waals surface area contributed by atoms with Crippen molar-refractivity contribution in [2.75, 3.05) is 5.32 Å². The molecule has 9 heteroatoms. The monoisotopic (exact) mass is 483 g/mol. The maximum atomic E-state index is 13.2. The zero-order chi connectivity index (χ0) is 22.3. The molecule has 160 valence electrons. The number of nitrogens with zero attached hydrogens (tertiary/aromatic N) is 4. The van der Waals surface area contributed by atoms with Gasteiger partial charge < -0.3 is 9.84 Å². The molecule has 31 heavy (non-hydrogen) atoms. The Morgan fingerprint density at radius 2 is 1.94 bits per heavy atom. The number of hydrogen-bond donors (Lipinski definition) is 1. The fourth-order valence-corrected chi connectivity index (χ4v) is 4.13. The fourth-order valence-electron chi connectivity index (χ4n) is 3.54. The predicted molar refractivity (Wildman–Crippen MR) is 122 cm³/mol. The molecular formula is C22H22BrN5O3. The van der Waals surface area contributed by atoms with Gasteiger partial charge in [-0.3, -0.25) is 13.9 Å². The Balaban J connectivity index is 1.75. The van der Waals surface area contributed by atoms with Crippen LogP contribution in [0.1, 0.15) is 31.3 Å². The van der Waals surface area contributed by atoms with Gasteiger partial charge in [0.25, 0.3) is 0 Å². The molecule has 1 amide bonds. The molecule has 0 aliphatic heterocycles. The van der Waals surface area contributed by atoms with Crippen LogP contribution >= 0.6 is 15.9 Å². The van der Waals surface area contributed by atoms with E-state index < -0.39 is 0 Å². The summed E-state index contributed by atoms with van der Waals surface area (Å²) >= 11 is 3.47. The molecule has 2 aromatic heterocycles. The van der Waals surface area contributed by atoms with E-state index in [0.29, 0.717) is 28.5 Å². The number of rotatable bonds is 5. The molecule has 0 spiro atoms. The highest BCUT2D eigenvalue weighted by atomic mass is 79.9. The molecule has 8 nitrogen and oxygen atoms in total. The van der Waals surface area contributed by atoms with Gasteiger partial charge in [-0.1, -0.05) is 11.2 Å². The van der Waals surface area contributed by atoms with Crippen molar-refractivity contribution in [3.05, 3.63) is 62.8 Å². The first-order chi connectivity index (χ1) is 14.7. The average molecular weight is 484 g/mol. The molecule has 0 fully saturated rings. The van der Waals surface area contributed by atoms with E-state index >= 15 is 0 Å². The molecule has 0 unspecified atom stereocenters. The number of aromatic nitrogens is 4. The molecule has 2 heterocycles. The highest BCUT2D eigenvalue weighted by Gasteiger charge is 2.19. The Bertz CT molecular complexity index is 1350. The van der Waals surface area contributed by atoms with Gasteiger partial charge in [-0.15, -0.1) is 0 Å². The van der Waals surface area contributed by atoms with Crippen LogP contribution in [-0.2, 0) is 11.3 Å². The van der Waals surface area contributed by atoms with Crippen LogP contribution in [0.2, 0.25) is 0 Å². The molecule has 0 atom stereocenters.